The van der Waals surface area contributed by atoms with Gasteiger partial charge in [-0.3, -0.25) is 14.6 Å². The molecule has 1 aliphatic rings. The quantitative estimate of drug-likeness (QED) is 0.608. The normalized spacial score (nSPS) is 14.4. The number of rotatable bonds is 6. The summed E-state index contributed by atoms with van der Waals surface area (Å²) in [6.07, 6.45) is 4.50. The molecule has 0 radical (unpaired) electrons. The molecule has 0 saturated heterocycles. The van der Waals surface area contributed by atoms with Gasteiger partial charge in [0, 0.05) is 31.2 Å². The number of carbonyl (C=O) groups is 2. The maximum Gasteiger partial charge on any atom is 0.309 e. The Balaban J connectivity index is 1.44. The minimum atomic E-state index is -0.636. The third-order valence-corrected chi connectivity index (χ3v) is 5.68. The summed E-state index contributed by atoms with van der Waals surface area (Å²) in [6, 6.07) is 21.4. The van der Waals surface area contributed by atoms with E-state index in [0.717, 1.165) is 29.8 Å². The molecule has 158 valence electrons. The Morgan fingerprint density at radius 3 is 2.48 bits per heavy atom. The fraction of sp³-hybridized carbons (Fsp3) is 0.240. The van der Waals surface area contributed by atoms with E-state index in [-0.39, 0.29) is 12.1 Å². The smallest absolute Gasteiger partial charge is 0.309 e. The molecule has 2 heterocycles. The summed E-state index contributed by atoms with van der Waals surface area (Å²) in [6.45, 7) is 3.03. The van der Waals surface area contributed by atoms with Gasteiger partial charge in [-0.2, -0.15) is 0 Å². The van der Waals surface area contributed by atoms with E-state index in [9.17, 15) is 9.59 Å². The maximum atomic E-state index is 12.5. The van der Waals surface area contributed by atoms with Gasteiger partial charge >= 0.3 is 11.8 Å². The second-order valence-corrected chi connectivity index (χ2v) is 7.69. The minimum Gasteiger partial charge on any atom is -0.362 e. The van der Waals surface area contributed by atoms with Gasteiger partial charge in [-0.05, 0) is 42.2 Å². The number of carbonyl (C=O) groups excluding carboxylic acids is 2. The van der Waals surface area contributed by atoms with E-state index in [2.05, 4.69) is 32.7 Å². The van der Waals surface area contributed by atoms with Gasteiger partial charge in [-0.25, -0.2) is 0 Å². The third-order valence-electron chi connectivity index (χ3n) is 5.68. The molecule has 1 aliphatic heterocycles. The molecule has 6 nitrogen and oxygen atoms in total. The lowest BCUT2D eigenvalue weighted by Crippen LogP contribution is -2.44. The average Bonchev–Trinajstić information content (AvgIpc) is 3.24. The van der Waals surface area contributed by atoms with Crippen LogP contribution in [0.25, 0.3) is 0 Å². The van der Waals surface area contributed by atoms with Crippen LogP contribution >= 0.6 is 0 Å². The molecule has 0 saturated carbocycles. The number of nitrogens with one attached hydrogen (secondary N) is 2. The van der Waals surface area contributed by atoms with Crippen LogP contribution in [-0.4, -0.2) is 29.9 Å². The number of pyridine rings is 1. The Morgan fingerprint density at radius 2 is 1.71 bits per heavy atom. The second kappa shape index (κ2) is 9.43. The van der Waals surface area contributed by atoms with Crippen molar-refractivity contribution >= 4 is 17.5 Å². The van der Waals surface area contributed by atoms with E-state index in [1.165, 1.54) is 5.56 Å². The molecule has 0 bridgehead atoms. The van der Waals surface area contributed by atoms with Crippen molar-refractivity contribution < 1.29 is 9.59 Å². The number of anilines is 1. The van der Waals surface area contributed by atoms with Gasteiger partial charge in [0.2, 0.25) is 0 Å². The summed E-state index contributed by atoms with van der Waals surface area (Å²) in [5.41, 5.74) is 4.40. The molecule has 0 aliphatic carbocycles. The van der Waals surface area contributed by atoms with Crippen molar-refractivity contribution in [3.8, 4) is 0 Å². The molecule has 0 spiro atoms. The van der Waals surface area contributed by atoms with Crippen LogP contribution in [0.15, 0.2) is 79.1 Å². The van der Waals surface area contributed by atoms with Crippen molar-refractivity contribution in [1.29, 1.82) is 0 Å². The first-order chi connectivity index (χ1) is 15.1. The fourth-order valence-corrected chi connectivity index (χ4v) is 4.03. The van der Waals surface area contributed by atoms with Crippen LogP contribution in [0.1, 0.15) is 35.7 Å². The average molecular weight is 415 g/mol. The SMILES string of the molecule is C[C@H](NC(=O)C(=O)NC[C@H](c1cccnc1)N1CCc2ccccc21)c1ccccc1. The van der Waals surface area contributed by atoms with E-state index in [0.29, 0.717) is 6.54 Å². The molecule has 0 fully saturated rings. The van der Waals surface area contributed by atoms with E-state index in [1.807, 2.05) is 67.7 Å². The van der Waals surface area contributed by atoms with Gasteiger partial charge in [-0.1, -0.05) is 54.6 Å². The van der Waals surface area contributed by atoms with Crippen LogP contribution in [0.4, 0.5) is 5.69 Å². The van der Waals surface area contributed by atoms with Gasteiger partial charge in [0.05, 0.1) is 12.1 Å². The summed E-state index contributed by atoms with van der Waals surface area (Å²) in [5, 5.41) is 5.59. The highest BCUT2D eigenvalue weighted by atomic mass is 16.2. The number of para-hydroxylation sites is 1. The zero-order valence-electron chi connectivity index (χ0n) is 17.5. The van der Waals surface area contributed by atoms with Crippen LogP contribution in [-0.2, 0) is 16.0 Å². The molecule has 6 heteroatoms. The molecule has 2 aromatic carbocycles. The molecule has 1 aromatic heterocycles. The van der Waals surface area contributed by atoms with E-state index >= 15 is 0 Å². The van der Waals surface area contributed by atoms with Gasteiger partial charge in [0.1, 0.15) is 0 Å². The van der Waals surface area contributed by atoms with E-state index in [4.69, 9.17) is 0 Å². The highest BCUT2D eigenvalue weighted by molar-refractivity contribution is 6.35. The Bertz CT molecular complexity index is 1040. The highest BCUT2D eigenvalue weighted by Crippen LogP contribution is 2.34. The highest BCUT2D eigenvalue weighted by Gasteiger charge is 2.28. The third kappa shape index (κ3) is 4.74. The number of hydrogen-bond donors (Lipinski definition) is 2. The van der Waals surface area contributed by atoms with Gasteiger partial charge < -0.3 is 15.5 Å². The molecular formula is C25H26N4O2. The van der Waals surface area contributed by atoms with Crippen LogP contribution in [0.2, 0.25) is 0 Å². The number of aromatic nitrogens is 1. The molecule has 31 heavy (non-hydrogen) atoms. The molecule has 2 N–H and O–H groups in total. The largest absolute Gasteiger partial charge is 0.362 e. The van der Waals surface area contributed by atoms with Crippen molar-refractivity contribution in [3.63, 3.8) is 0 Å². The lowest BCUT2D eigenvalue weighted by atomic mass is 10.1. The van der Waals surface area contributed by atoms with Gasteiger partial charge in [-0.15, -0.1) is 0 Å². The van der Waals surface area contributed by atoms with Gasteiger partial charge in [0.15, 0.2) is 0 Å². The van der Waals surface area contributed by atoms with Crippen molar-refractivity contribution in [2.75, 3.05) is 18.0 Å². The summed E-state index contributed by atoms with van der Waals surface area (Å²) in [4.78, 5) is 31.5. The standard InChI is InChI=1S/C25H26N4O2/c1-18(19-8-3-2-4-9-19)28-25(31)24(30)27-17-23(21-11-7-14-26-16-21)29-15-13-20-10-5-6-12-22(20)29/h2-12,14,16,18,23H,13,15,17H2,1H3,(H,27,30)(H,28,31)/t18-,23+/m0/s1. The summed E-state index contributed by atoms with van der Waals surface area (Å²) in [5.74, 6) is -1.27. The molecular weight excluding hydrogens is 388 g/mol. The Kier molecular flexibility index (Phi) is 6.26. The predicted molar refractivity (Wildman–Crippen MR) is 120 cm³/mol. The van der Waals surface area contributed by atoms with E-state index < -0.39 is 11.8 Å². The summed E-state index contributed by atoms with van der Waals surface area (Å²) >= 11 is 0. The minimum absolute atomic E-state index is 0.111. The summed E-state index contributed by atoms with van der Waals surface area (Å²) in [7, 11) is 0. The van der Waals surface area contributed by atoms with Crippen LogP contribution < -0.4 is 15.5 Å². The van der Waals surface area contributed by atoms with E-state index in [1.54, 1.807) is 6.20 Å². The fourth-order valence-electron chi connectivity index (χ4n) is 4.03. The lowest BCUT2D eigenvalue weighted by Gasteiger charge is -2.31. The monoisotopic (exact) mass is 414 g/mol. The second-order valence-electron chi connectivity index (χ2n) is 7.69. The predicted octanol–water partition coefficient (Wildman–Crippen LogP) is 3.18. The molecule has 4 rings (SSSR count). The maximum absolute atomic E-state index is 12.5. The van der Waals surface area contributed by atoms with Crippen LogP contribution in [0, 0.1) is 0 Å². The Morgan fingerprint density at radius 1 is 0.968 bits per heavy atom. The molecule has 0 unspecified atom stereocenters. The summed E-state index contributed by atoms with van der Waals surface area (Å²) < 4.78 is 0. The topological polar surface area (TPSA) is 74.3 Å². The molecule has 2 amide bonds. The van der Waals surface area contributed by atoms with Gasteiger partial charge in [0.25, 0.3) is 0 Å². The first kappa shape index (κ1) is 20.6. The first-order valence-electron chi connectivity index (χ1n) is 10.5. The molecule has 2 atom stereocenters. The zero-order chi connectivity index (χ0) is 21.6. The Hall–Kier alpha value is -3.67. The van der Waals surface area contributed by atoms with Crippen molar-refractivity contribution in [2.45, 2.75) is 25.4 Å². The number of nitrogens with zero attached hydrogens (tertiary/aromatic N) is 2. The number of fused-ring (bicyclic) bond motifs is 1. The van der Waals surface area contributed by atoms with Crippen LogP contribution in [0.3, 0.4) is 0 Å². The number of amides is 2. The lowest BCUT2D eigenvalue weighted by molar-refractivity contribution is -0.139. The number of benzene rings is 2. The Labute approximate surface area is 182 Å². The molecule has 3 aromatic rings. The van der Waals surface area contributed by atoms with Crippen molar-refractivity contribution in [3.05, 3.63) is 95.8 Å². The first-order valence-corrected chi connectivity index (χ1v) is 10.5. The van der Waals surface area contributed by atoms with Crippen molar-refractivity contribution in [2.24, 2.45) is 0 Å². The van der Waals surface area contributed by atoms with Crippen LogP contribution in [0.5, 0.6) is 0 Å². The number of hydrogen-bond acceptors (Lipinski definition) is 4. The van der Waals surface area contributed by atoms with Crippen molar-refractivity contribution in [1.82, 2.24) is 15.6 Å². The zero-order valence-corrected chi connectivity index (χ0v) is 17.5.